The van der Waals surface area contributed by atoms with Gasteiger partial charge in [0.25, 0.3) is 0 Å². The standard InChI is InChI=1S/2FH.Ni.Rb/h2*1H;;/q;;+2;/p-2. The molecule has 0 saturated heterocycles. The van der Waals surface area contributed by atoms with E-state index in [1.807, 2.05) is 0 Å². The van der Waals surface area contributed by atoms with Crippen molar-refractivity contribution >= 4 is 58.2 Å². The van der Waals surface area contributed by atoms with Crippen molar-refractivity contribution in [1.82, 2.24) is 0 Å². The van der Waals surface area contributed by atoms with Gasteiger partial charge in [-0.1, -0.05) is 0 Å². The van der Waals surface area contributed by atoms with E-state index in [1.54, 1.807) is 0 Å². The van der Waals surface area contributed by atoms with Crippen molar-refractivity contribution in [1.29, 1.82) is 0 Å². The molecule has 0 aromatic rings. The van der Waals surface area contributed by atoms with Crippen molar-refractivity contribution in [2.24, 2.45) is 0 Å². The molecule has 1 radical (unpaired) electrons. The molecule has 0 aliphatic carbocycles. The molecule has 4 heavy (non-hydrogen) atoms. The Morgan fingerprint density at radius 1 is 1.25 bits per heavy atom. The smallest absolute Gasteiger partial charge is 0 e. The summed E-state index contributed by atoms with van der Waals surface area (Å²) >= 11 is -1.38. The molecular formula is F2NiRb. The van der Waals surface area contributed by atoms with E-state index < -0.39 is 15.3 Å². The predicted molar refractivity (Wildman–Crippen MR) is 7.97 cm³/mol. The van der Waals surface area contributed by atoms with E-state index >= 15 is 0 Å². The van der Waals surface area contributed by atoms with Crippen LogP contribution in [-0.4, -0.2) is 58.2 Å². The summed E-state index contributed by atoms with van der Waals surface area (Å²) in [5.41, 5.74) is 0. The minimum atomic E-state index is -1.38. The second kappa shape index (κ2) is 8.94. The minimum absolute atomic E-state index is 0. The van der Waals surface area contributed by atoms with E-state index in [0.29, 0.717) is 0 Å². The SMILES string of the molecule is [F][Ni][F].[Rb]. The van der Waals surface area contributed by atoms with E-state index in [-0.39, 0.29) is 58.2 Å². The van der Waals surface area contributed by atoms with Crippen molar-refractivity contribution in [2.75, 3.05) is 0 Å². The summed E-state index contributed by atoms with van der Waals surface area (Å²) in [5.74, 6) is 0. The third-order valence-electron chi connectivity index (χ3n) is 0. The van der Waals surface area contributed by atoms with Gasteiger partial charge in [0, 0.05) is 58.2 Å². The van der Waals surface area contributed by atoms with Gasteiger partial charge in [0.05, 0.1) is 0 Å². The van der Waals surface area contributed by atoms with Crippen LogP contribution in [0, 0.1) is 0 Å². The Morgan fingerprint density at radius 3 is 1.25 bits per heavy atom. The summed E-state index contributed by atoms with van der Waals surface area (Å²) in [5, 5.41) is 0. The van der Waals surface area contributed by atoms with Gasteiger partial charge in [0.2, 0.25) is 0 Å². The van der Waals surface area contributed by atoms with E-state index in [2.05, 4.69) is 0 Å². The van der Waals surface area contributed by atoms with Gasteiger partial charge < -0.3 is 0 Å². The Labute approximate surface area is 78.8 Å². The molecule has 0 heterocycles. The number of rotatable bonds is 0. The summed E-state index contributed by atoms with van der Waals surface area (Å²) in [7, 11) is 0. The fourth-order valence-electron chi connectivity index (χ4n) is 0. The van der Waals surface area contributed by atoms with Crippen LogP contribution in [0.25, 0.3) is 0 Å². The molecule has 0 spiro atoms. The molecule has 0 rings (SSSR count). The molecule has 0 aromatic heterocycles. The molecule has 0 N–H and O–H groups in total. The molecule has 0 saturated carbocycles. The molecular weight excluding hydrogens is 182 g/mol. The van der Waals surface area contributed by atoms with Gasteiger partial charge in [-0.25, -0.2) is 0 Å². The topological polar surface area (TPSA) is 0 Å². The minimum Gasteiger partial charge on any atom is 0 e. The molecule has 0 aromatic carbocycles. The Balaban J connectivity index is 0. The van der Waals surface area contributed by atoms with Crippen LogP contribution in [0.3, 0.4) is 0 Å². The first kappa shape index (κ1) is 9.48. The van der Waals surface area contributed by atoms with Crippen LogP contribution in [-0.2, 0) is 15.3 Å². The summed E-state index contributed by atoms with van der Waals surface area (Å²) in [6.45, 7) is 0. The summed E-state index contributed by atoms with van der Waals surface area (Å²) in [6.07, 6.45) is 0. The zero-order valence-corrected chi connectivity index (χ0v) is 7.98. The van der Waals surface area contributed by atoms with E-state index in [4.69, 9.17) is 0 Å². The molecule has 0 amide bonds. The maximum absolute atomic E-state index is 9.56. The average Bonchev–Trinajstić information content (AvgIpc) is 0.918. The summed E-state index contributed by atoms with van der Waals surface area (Å²) in [4.78, 5) is 0. The van der Waals surface area contributed by atoms with Gasteiger partial charge in [-0.15, -0.1) is 0 Å². The predicted octanol–water partition coefficient (Wildman–Crippen LogP) is 0.457. The van der Waals surface area contributed by atoms with Gasteiger partial charge in [0.1, 0.15) is 0 Å². The Bertz CT molecular complexity index is 6.00. The molecule has 0 aliphatic rings. The van der Waals surface area contributed by atoms with Crippen molar-refractivity contribution in [3.8, 4) is 0 Å². The van der Waals surface area contributed by atoms with Crippen LogP contribution in [0.15, 0.2) is 0 Å². The van der Waals surface area contributed by atoms with Crippen LogP contribution >= 0.6 is 0 Å². The molecule has 0 nitrogen and oxygen atoms in total. The Kier molecular flexibility index (Phi) is 21.2. The molecule has 0 fully saturated rings. The molecule has 0 atom stereocenters. The van der Waals surface area contributed by atoms with Gasteiger partial charge in [-0.05, 0) is 0 Å². The van der Waals surface area contributed by atoms with Crippen molar-refractivity contribution in [3.63, 3.8) is 0 Å². The zero-order chi connectivity index (χ0) is 2.71. The summed E-state index contributed by atoms with van der Waals surface area (Å²) in [6, 6.07) is 0. The second-order valence-corrected chi connectivity index (χ2v) is 0.186. The first-order valence-corrected chi connectivity index (χ1v) is 0.986. The third-order valence-corrected chi connectivity index (χ3v) is 0. The normalized spacial score (nSPS) is 5.50. The van der Waals surface area contributed by atoms with E-state index in [0.717, 1.165) is 0 Å². The number of halogens is 2. The molecule has 0 unspecified atom stereocenters. The maximum atomic E-state index is 9.56. The van der Waals surface area contributed by atoms with Crippen LogP contribution in [0.2, 0.25) is 0 Å². The molecule has 0 aliphatic heterocycles. The fourth-order valence-corrected chi connectivity index (χ4v) is 0. The Morgan fingerprint density at radius 2 is 1.25 bits per heavy atom. The van der Waals surface area contributed by atoms with E-state index in [1.165, 1.54) is 0 Å². The number of hydrogen-bond acceptors (Lipinski definition) is 0. The first-order valence-electron chi connectivity index (χ1n) is 0.239. The average molecular weight is 182 g/mol. The molecule has 25 valence electrons. The monoisotopic (exact) mass is 181 g/mol. The largest absolute Gasteiger partial charge is 0 e. The van der Waals surface area contributed by atoms with Gasteiger partial charge in [-0.3, -0.25) is 0 Å². The fraction of sp³-hybridized carbons (Fsp3) is 0. The quantitative estimate of drug-likeness (QED) is 0.477. The van der Waals surface area contributed by atoms with Gasteiger partial charge in [0.15, 0.2) is 0 Å². The number of hydrogen-bond donors (Lipinski definition) is 0. The van der Waals surface area contributed by atoms with Crippen LogP contribution in [0.5, 0.6) is 0 Å². The van der Waals surface area contributed by atoms with Crippen LogP contribution < -0.4 is 0 Å². The van der Waals surface area contributed by atoms with Crippen molar-refractivity contribution < 1.29 is 22.5 Å². The van der Waals surface area contributed by atoms with Crippen LogP contribution in [0.1, 0.15) is 0 Å². The van der Waals surface area contributed by atoms with Crippen molar-refractivity contribution in [3.05, 3.63) is 0 Å². The second-order valence-electron chi connectivity index (χ2n) is 0.0452. The summed E-state index contributed by atoms with van der Waals surface area (Å²) < 4.78 is 19.1. The van der Waals surface area contributed by atoms with Crippen molar-refractivity contribution in [2.45, 2.75) is 0 Å². The third kappa shape index (κ3) is 8.90. The molecule has 4 heteroatoms. The Hall–Kier alpha value is 2.16. The van der Waals surface area contributed by atoms with E-state index in [9.17, 15) is 7.21 Å². The van der Waals surface area contributed by atoms with Crippen LogP contribution in [0.4, 0.5) is 7.21 Å². The maximum Gasteiger partial charge on any atom is 0 e. The first-order chi connectivity index (χ1) is 1.41. The zero-order valence-electron chi connectivity index (χ0n) is 2.07. The molecule has 0 bridgehead atoms. The van der Waals surface area contributed by atoms with Gasteiger partial charge >= 0.3 is 22.5 Å². The van der Waals surface area contributed by atoms with Gasteiger partial charge in [-0.2, -0.15) is 0 Å².